The Labute approximate surface area is 79.6 Å². The van der Waals surface area contributed by atoms with E-state index in [9.17, 15) is 5.11 Å². The smallest absolute Gasteiger partial charge is 0.0960 e. The first-order valence-electron chi connectivity index (χ1n) is 4.98. The third-order valence-corrected chi connectivity index (χ3v) is 2.64. The molecule has 0 amide bonds. The van der Waals surface area contributed by atoms with E-state index in [1.165, 1.54) is 0 Å². The van der Waals surface area contributed by atoms with Gasteiger partial charge >= 0.3 is 0 Å². The van der Waals surface area contributed by atoms with E-state index in [4.69, 9.17) is 4.42 Å². The molecule has 0 aliphatic heterocycles. The van der Waals surface area contributed by atoms with Crippen molar-refractivity contribution < 1.29 is 9.52 Å². The van der Waals surface area contributed by atoms with Gasteiger partial charge in [0.25, 0.3) is 0 Å². The first kappa shape index (κ1) is 10.3. The quantitative estimate of drug-likeness (QED) is 0.758. The van der Waals surface area contributed by atoms with Gasteiger partial charge < -0.3 is 9.52 Å². The fraction of sp³-hybridized carbons (Fsp3) is 0.636. The van der Waals surface area contributed by atoms with E-state index in [0.717, 1.165) is 24.8 Å². The van der Waals surface area contributed by atoms with Gasteiger partial charge in [-0.05, 0) is 18.4 Å². The van der Waals surface area contributed by atoms with Gasteiger partial charge in [-0.1, -0.05) is 26.7 Å². The molecule has 0 saturated carbocycles. The second-order valence-corrected chi connectivity index (χ2v) is 3.49. The fourth-order valence-corrected chi connectivity index (χ4v) is 1.54. The summed E-state index contributed by atoms with van der Waals surface area (Å²) >= 11 is 0. The highest BCUT2D eigenvalue weighted by Gasteiger charge is 2.13. The molecule has 1 aromatic heterocycles. The van der Waals surface area contributed by atoms with Crippen molar-refractivity contribution in [2.75, 3.05) is 0 Å². The topological polar surface area (TPSA) is 33.4 Å². The van der Waals surface area contributed by atoms with E-state index in [2.05, 4.69) is 13.8 Å². The van der Waals surface area contributed by atoms with Crippen LogP contribution in [0, 0.1) is 5.92 Å². The van der Waals surface area contributed by atoms with E-state index in [1.807, 2.05) is 6.07 Å². The summed E-state index contributed by atoms with van der Waals surface area (Å²) in [4.78, 5) is 0. The number of aliphatic hydroxyl groups excluding tert-OH is 1. The largest absolute Gasteiger partial charge is 0.472 e. The number of hydrogen-bond acceptors (Lipinski definition) is 2. The molecule has 1 unspecified atom stereocenters. The standard InChI is InChI=1S/C11H18O2/c1-3-9(4-2)7-11(12)10-5-6-13-8-10/h5-6,8-9,11-12H,3-4,7H2,1-2H3. The Bertz CT molecular complexity index is 212. The van der Waals surface area contributed by atoms with Crippen molar-refractivity contribution in [3.63, 3.8) is 0 Å². The zero-order chi connectivity index (χ0) is 9.68. The fourth-order valence-electron chi connectivity index (χ4n) is 1.54. The lowest BCUT2D eigenvalue weighted by Gasteiger charge is -2.15. The molecule has 1 heterocycles. The lowest BCUT2D eigenvalue weighted by atomic mass is 9.94. The first-order chi connectivity index (χ1) is 6.27. The summed E-state index contributed by atoms with van der Waals surface area (Å²) in [5, 5.41) is 9.78. The van der Waals surface area contributed by atoms with E-state index in [1.54, 1.807) is 12.5 Å². The van der Waals surface area contributed by atoms with Crippen molar-refractivity contribution in [3.05, 3.63) is 24.2 Å². The van der Waals surface area contributed by atoms with Crippen molar-refractivity contribution in [1.29, 1.82) is 0 Å². The van der Waals surface area contributed by atoms with Crippen LogP contribution < -0.4 is 0 Å². The first-order valence-corrected chi connectivity index (χ1v) is 4.98. The van der Waals surface area contributed by atoms with Gasteiger partial charge in [-0.25, -0.2) is 0 Å². The predicted molar refractivity (Wildman–Crippen MR) is 52.4 cm³/mol. The van der Waals surface area contributed by atoms with Crippen molar-refractivity contribution in [1.82, 2.24) is 0 Å². The minimum absolute atomic E-state index is 0.358. The second kappa shape index (κ2) is 5.07. The maximum atomic E-state index is 9.78. The van der Waals surface area contributed by atoms with Gasteiger partial charge in [0.1, 0.15) is 0 Å². The molecular formula is C11H18O2. The van der Waals surface area contributed by atoms with Crippen molar-refractivity contribution in [3.8, 4) is 0 Å². The van der Waals surface area contributed by atoms with E-state index in [0.29, 0.717) is 5.92 Å². The molecule has 2 nitrogen and oxygen atoms in total. The van der Waals surface area contributed by atoms with Gasteiger partial charge in [0.15, 0.2) is 0 Å². The SMILES string of the molecule is CCC(CC)CC(O)c1ccoc1. The van der Waals surface area contributed by atoms with Crippen LogP contribution in [0.1, 0.15) is 44.8 Å². The van der Waals surface area contributed by atoms with Crippen LogP contribution in [0.5, 0.6) is 0 Å². The molecule has 0 spiro atoms. The summed E-state index contributed by atoms with van der Waals surface area (Å²) in [5.41, 5.74) is 0.895. The highest BCUT2D eigenvalue weighted by atomic mass is 16.3. The van der Waals surface area contributed by atoms with Crippen LogP contribution in [0.4, 0.5) is 0 Å². The number of hydrogen-bond donors (Lipinski definition) is 1. The van der Waals surface area contributed by atoms with Crippen LogP contribution in [-0.4, -0.2) is 5.11 Å². The summed E-state index contributed by atoms with van der Waals surface area (Å²) in [5.74, 6) is 0.616. The molecule has 13 heavy (non-hydrogen) atoms. The lowest BCUT2D eigenvalue weighted by molar-refractivity contribution is 0.140. The Morgan fingerprint density at radius 3 is 2.54 bits per heavy atom. The van der Waals surface area contributed by atoms with E-state index < -0.39 is 0 Å². The average molecular weight is 182 g/mol. The third kappa shape index (κ3) is 2.88. The molecule has 1 atom stereocenters. The summed E-state index contributed by atoms with van der Waals surface area (Å²) in [6.07, 6.45) is 5.96. The maximum absolute atomic E-state index is 9.78. The maximum Gasteiger partial charge on any atom is 0.0960 e. The highest BCUT2D eigenvalue weighted by molar-refractivity contribution is 5.08. The van der Waals surface area contributed by atoms with Crippen LogP contribution in [0.3, 0.4) is 0 Å². The number of aliphatic hydroxyl groups is 1. The summed E-state index contributed by atoms with van der Waals surface area (Å²) in [6, 6.07) is 1.83. The Balaban J connectivity index is 2.45. The molecule has 2 heteroatoms. The molecule has 0 aromatic carbocycles. The predicted octanol–water partition coefficient (Wildman–Crippen LogP) is 3.14. The van der Waals surface area contributed by atoms with Crippen molar-refractivity contribution in [2.45, 2.75) is 39.2 Å². The zero-order valence-corrected chi connectivity index (χ0v) is 8.36. The zero-order valence-electron chi connectivity index (χ0n) is 8.36. The molecule has 1 N–H and O–H groups in total. The van der Waals surface area contributed by atoms with Crippen LogP contribution >= 0.6 is 0 Å². The molecule has 74 valence electrons. The average Bonchev–Trinajstić information content (AvgIpc) is 2.66. The van der Waals surface area contributed by atoms with Gasteiger partial charge in [-0.3, -0.25) is 0 Å². The van der Waals surface area contributed by atoms with E-state index in [-0.39, 0.29) is 6.10 Å². The van der Waals surface area contributed by atoms with Crippen molar-refractivity contribution in [2.24, 2.45) is 5.92 Å². The number of rotatable bonds is 5. The highest BCUT2D eigenvalue weighted by Crippen LogP contribution is 2.24. The Kier molecular flexibility index (Phi) is 4.03. The van der Waals surface area contributed by atoms with Gasteiger partial charge in [-0.2, -0.15) is 0 Å². The van der Waals surface area contributed by atoms with Gasteiger partial charge in [-0.15, -0.1) is 0 Å². The second-order valence-electron chi connectivity index (χ2n) is 3.49. The lowest BCUT2D eigenvalue weighted by Crippen LogP contribution is -2.05. The molecule has 0 bridgehead atoms. The third-order valence-electron chi connectivity index (χ3n) is 2.64. The Morgan fingerprint density at radius 2 is 2.08 bits per heavy atom. The molecular weight excluding hydrogens is 164 g/mol. The Morgan fingerprint density at radius 1 is 1.38 bits per heavy atom. The minimum Gasteiger partial charge on any atom is -0.472 e. The van der Waals surface area contributed by atoms with Crippen LogP contribution in [-0.2, 0) is 0 Å². The summed E-state index contributed by atoms with van der Waals surface area (Å²) in [7, 11) is 0. The van der Waals surface area contributed by atoms with Crippen LogP contribution in [0.15, 0.2) is 23.0 Å². The molecule has 0 aliphatic rings. The van der Waals surface area contributed by atoms with Crippen LogP contribution in [0.2, 0.25) is 0 Å². The van der Waals surface area contributed by atoms with E-state index >= 15 is 0 Å². The minimum atomic E-state index is -0.358. The normalized spacial score (nSPS) is 13.5. The molecule has 0 saturated heterocycles. The molecule has 1 rings (SSSR count). The van der Waals surface area contributed by atoms with Crippen molar-refractivity contribution >= 4 is 0 Å². The van der Waals surface area contributed by atoms with Gasteiger partial charge in [0, 0.05) is 5.56 Å². The summed E-state index contributed by atoms with van der Waals surface area (Å²) in [6.45, 7) is 4.33. The number of furan rings is 1. The summed E-state index contributed by atoms with van der Waals surface area (Å²) < 4.78 is 4.92. The van der Waals surface area contributed by atoms with Gasteiger partial charge in [0.05, 0.1) is 18.6 Å². The molecule has 0 radical (unpaired) electrons. The Hall–Kier alpha value is -0.760. The molecule has 0 aliphatic carbocycles. The molecule has 0 fully saturated rings. The van der Waals surface area contributed by atoms with Crippen LogP contribution in [0.25, 0.3) is 0 Å². The monoisotopic (exact) mass is 182 g/mol. The van der Waals surface area contributed by atoms with Gasteiger partial charge in [0.2, 0.25) is 0 Å². The molecule has 1 aromatic rings.